The highest BCUT2D eigenvalue weighted by molar-refractivity contribution is 5.78. The zero-order valence-corrected chi connectivity index (χ0v) is 13.8. The molecule has 122 valence electrons. The first-order valence-electron chi connectivity index (χ1n) is 8.65. The molecule has 2 atom stereocenters. The second-order valence-corrected chi connectivity index (χ2v) is 6.70. The van der Waals surface area contributed by atoms with E-state index in [2.05, 4.69) is 65.6 Å². The third-order valence-corrected chi connectivity index (χ3v) is 5.09. The third kappa shape index (κ3) is 3.05. The fraction of sp³-hybridized carbons (Fsp3) is 0.286. The summed E-state index contributed by atoms with van der Waals surface area (Å²) in [4.78, 5) is 7.31. The molecule has 0 spiro atoms. The lowest BCUT2D eigenvalue weighted by Crippen LogP contribution is -2.23. The topological polar surface area (TPSA) is 42.1 Å². The normalized spacial score (nSPS) is 21.4. The molecule has 3 nitrogen and oxygen atoms in total. The Kier molecular flexibility index (Phi) is 4.28. The molecule has 1 fully saturated rings. The van der Waals surface area contributed by atoms with Gasteiger partial charge < -0.3 is 5.73 Å². The van der Waals surface area contributed by atoms with E-state index >= 15 is 0 Å². The SMILES string of the molecule is NC[C@@H]1CN(Cc2ccc3ccccc3n2)C[C@H]1c1ccccc1. The summed E-state index contributed by atoms with van der Waals surface area (Å²) >= 11 is 0. The van der Waals surface area contributed by atoms with E-state index in [1.165, 1.54) is 10.9 Å². The van der Waals surface area contributed by atoms with E-state index in [9.17, 15) is 0 Å². The molecule has 0 bridgehead atoms. The van der Waals surface area contributed by atoms with Gasteiger partial charge in [0.25, 0.3) is 0 Å². The Morgan fingerprint density at radius 3 is 2.54 bits per heavy atom. The number of hydrogen-bond donors (Lipinski definition) is 1. The van der Waals surface area contributed by atoms with Crippen molar-refractivity contribution in [2.45, 2.75) is 12.5 Å². The maximum Gasteiger partial charge on any atom is 0.0705 e. The van der Waals surface area contributed by atoms with Crippen LogP contribution in [-0.2, 0) is 6.54 Å². The Labute approximate surface area is 143 Å². The Hall–Kier alpha value is -2.23. The molecule has 4 rings (SSSR count). The molecule has 2 N–H and O–H groups in total. The number of para-hydroxylation sites is 1. The van der Waals surface area contributed by atoms with Gasteiger partial charge in [0.05, 0.1) is 11.2 Å². The van der Waals surface area contributed by atoms with Crippen molar-refractivity contribution in [3.05, 3.63) is 78.0 Å². The number of nitrogens with two attached hydrogens (primary N) is 1. The molecule has 3 aromatic rings. The van der Waals surface area contributed by atoms with Gasteiger partial charge in [0.15, 0.2) is 0 Å². The minimum atomic E-state index is 0.521. The number of fused-ring (bicyclic) bond motifs is 1. The molecule has 0 aliphatic carbocycles. The van der Waals surface area contributed by atoms with Crippen molar-refractivity contribution in [1.82, 2.24) is 9.88 Å². The van der Waals surface area contributed by atoms with E-state index < -0.39 is 0 Å². The standard InChI is InChI=1S/C21H23N3/c22-12-18-13-24(15-20(18)16-6-2-1-3-7-16)14-19-11-10-17-8-4-5-9-21(17)23-19/h1-11,18,20H,12-15,22H2/t18-,20+/m1/s1. The average Bonchev–Trinajstić information content (AvgIpc) is 3.05. The molecular weight excluding hydrogens is 294 g/mol. The van der Waals surface area contributed by atoms with Gasteiger partial charge in [0.1, 0.15) is 0 Å². The molecule has 0 radical (unpaired) electrons. The Bertz CT molecular complexity index is 815. The van der Waals surface area contributed by atoms with Crippen molar-refractivity contribution >= 4 is 10.9 Å². The van der Waals surface area contributed by atoms with Crippen LogP contribution in [0.2, 0.25) is 0 Å². The number of pyridine rings is 1. The smallest absolute Gasteiger partial charge is 0.0705 e. The minimum Gasteiger partial charge on any atom is -0.330 e. The van der Waals surface area contributed by atoms with Crippen molar-refractivity contribution in [1.29, 1.82) is 0 Å². The van der Waals surface area contributed by atoms with Crippen molar-refractivity contribution in [2.24, 2.45) is 11.7 Å². The van der Waals surface area contributed by atoms with Crippen LogP contribution >= 0.6 is 0 Å². The van der Waals surface area contributed by atoms with E-state index in [-0.39, 0.29) is 0 Å². The van der Waals surface area contributed by atoms with Gasteiger partial charge in [-0.1, -0.05) is 54.6 Å². The summed E-state index contributed by atoms with van der Waals surface area (Å²) in [5, 5.41) is 1.20. The van der Waals surface area contributed by atoms with Crippen LogP contribution in [0, 0.1) is 5.92 Å². The van der Waals surface area contributed by atoms with E-state index in [1.807, 2.05) is 6.07 Å². The zero-order valence-electron chi connectivity index (χ0n) is 13.8. The summed E-state index contributed by atoms with van der Waals surface area (Å²) in [5.41, 5.74) is 9.66. The molecule has 1 saturated heterocycles. The lowest BCUT2D eigenvalue weighted by Gasteiger charge is -2.16. The van der Waals surface area contributed by atoms with Gasteiger partial charge in [-0.3, -0.25) is 9.88 Å². The van der Waals surface area contributed by atoms with Gasteiger partial charge in [0.2, 0.25) is 0 Å². The number of benzene rings is 2. The molecule has 0 unspecified atom stereocenters. The first-order chi connectivity index (χ1) is 11.8. The second-order valence-electron chi connectivity index (χ2n) is 6.70. The summed E-state index contributed by atoms with van der Waals surface area (Å²) in [6.45, 7) is 3.73. The summed E-state index contributed by atoms with van der Waals surface area (Å²) in [5.74, 6) is 1.05. The highest BCUT2D eigenvalue weighted by Gasteiger charge is 2.32. The Balaban J connectivity index is 1.52. The van der Waals surface area contributed by atoms with Crippen LogP contribution in [0.3, 0.4) is 0 Å². The quantitative estimate of drug-likeness (QED) is 0.802. The zero-order chi connectivity index (χ0) is 16.4. The molecule has 1 aliphatic rings. The van der Waals surface area contributed by atoms with Crippen LogP contribution in [0.25, 0.3) is 10.9 Å². The summed E-state index contributed by atoms with van der Waals surface area (Å²) in [6, 6.07) is 23.4. The van der Waals surface area contributed by atoms with E-state index in [4.69, 9.17) is 10.7 Å². The molecule has 1 aliphatic heterocycles. The van der Waals surface area contributed by atoms with Crippen LogP contribution in [0.5, 0.6) is 0 Å². The van der Waals surface area contributed by atoms with E-state index in [0.717, 1.165) is 37.4 Å². The highest BCUT2D eigenvalue weighted by Crippen LogP contribution is 2.32. The number of hydrogen-bond acceptors (Lipinski definition) is 3. The van der Waals surface area contributed by atoms with Crippen molar-refractivity contribution in [2.75, 3.05) is 19.6 Å². The first kappa shape index (κ1) is 15.3. The molecule has 2 heterocycles. The van der Waals surface area contributed by atoms with Gasteiger partial charge in [0, 0.05) is 30.9 Å². The van der Waals surface area contributed by atoms with Crippen molar-refractivity contribution < 1.29 is 0 Å². The van der Waals surface area contributed by atoms with Crippen LogP contribution in [0.4, 0.5) is 0 Å². The molecule has 3 heteroatoms. The lowest BCUT2D eigenvalue weighted by molar-refractivity contribution is 0.313. The van der Waals surface area contributed by atoms with Gasteiger partial charge in [-0.2, -0.15) is 0 Å². The number of nitrogens with zero attached hydrogens (tertiary/aromatic N) is 2. The first-order valence-corrected chi connectivity index (χ1v) is 8.65. The van der Waals surface area contributed by atoms with Crippen molar-refractivity contribution in [3.63, 3.8) is 0 Å². The number of aromatic nitrogens is 1. The fourth-order valence-corrected chi connectivity index (χ4v) is 3.83. The molecular formula is C21H23N3. The number of likely N-dealkylation sites (tertiary alicyclic amines) is 1. The van der Waals surface area contributed by atoms with Crippen LogP contribution in [-0.4, -0.2) is 29.5 Å². The summed E-state index contributed by atoms with van der Waals surface area (Å²) in [7, 11) is 0. The number of rotatable bonds is 4. The Morgan fingerprint density at radius 1 is 0.917 bits per heavy atom. The van der Waals surface area contributed by atoms with Crippen molar-refractivity contribution in [3.8, 4) is 0 Å². The average molecular weight is 317 g/mol. The fourth-order valence-electron chi connectivity index (χ4n) is 3.83. The predicted octanol–water partition coefficient (Wildman–Crippen LogP) is 3.41. The summed E-state index contributed by atoms with van der Waals surface area (Å²) in [6.07, 6.45) is 0. The molecule has 0 saturated carbocycles. The van der Waals surface area contributed by atoms with E-state index in [1.54, 1.807) is 0 Å². The lowest BCUT2D eigenvalue weighted by atomic mass is 9.89. The highest BCUT2D eigenvalue weighted by atomic mass is 15.2. The second kappa shape index (κ2) is 6.71. The van der Waals surface area contributed by atoms with Gasteiger partial charge in [-0.05, 0) is 30.2 Å². The maximum absolute atomic E-state index is 6.05. The molecule has 2 aromatic carbocycles. The van der Waals surface area contributed by atoms with E-state index in [0.29, 0.717) is 11.8 Å². The molecule has 0 amide bonds. The predicted molar refractivity (Wildman–Crippen MR) is 98.7 cm³/mol. The van der Waals surface area contributed by atoms with Gasteiger partial charge in [-0.15, -0.1) is 0 Å². The minimum absolute atomic E-state index is 0.521. The largest absolute Gasteiger partial charge is 0.330 e. The Morgan fingerprint density at radius 2 is 1.71 bits per heavy atom. The monoisotopic (exact) mass is 317 g/mol. The molecule has 1 aromatic heterocycles. The summed E-state index contributed by atoms with van der Waals surface area (Å²) < 4.78 is 0. The van der Waals surface area contributed by atoms with Gasteiger partial charge >= 0.3 is 0 Å². The maximum atomic E-state index is 6.05. The molecule has 24 heavy (non-hydrogen) atoms. The van der Waals surface area contributed by atoms with Gasteiger partial charge in [-0.25, -0.2) is 0 Å². The van der Waals surface area contributed by atoms with Crippen LogP contribution in [0.1, 0.15) is 17.2 Å². The third-order valence-electron chi connectivity index (χ3n) is 5.09. The van der Waals surface area contributed by atoms with Crippen LogP contribution < -0.4 is 5.73 Å². The van der Waals surface area contributed by atoms with Crippen LogP contribution in [0.15, 0.2) is 66.7 Å².